The smallest absolute Gasteiger partial charge is 0.324 e. The molecule has 0 aromatic heterocycles. The quantitative estimate of drug-likeness (QED) is 0.897. The normalized spacial score (nSPS) is 21.6. The van der Waals surface area contributed by atoms with Crippen LogP contribution in [0.25, 0.3) is 0 Å². The predicted octanol–water partition coefficient (Wildman–Crippen LogP) is 2.35. The van der Waals surface area contributed by atoms with Crippen molar-refractivity contribution in [3.05, 3.63) is 29.3 Å². The largest absolute Gasteiger partial charge is 0.497 e. The Kier molecular flexibility index (Phi) is 4.33. The Labute approximate surface area is 120 Å². The first-order valence-corrected chi connectivity index (χ1v) is 7.21. The lowest BCUT2D eigenvalue weighted by Crippen LogP contribution is -2.57. The van der Waals surface area contributed by atoms with Crippen LogP contribution in [0.5, 0.6) is 5.75 Å². The number of fused-ring (bicyclic) bond motifs is 1. The molecule has 1 aromatic rings. The molecule has 1 aliphatic rings. The highest BCUT2D eigenvalue weighted by molar-refractivity contribution is 5.80. The van der Waals surface area contributed by atoms with Crippen LogP contribution in [-0.4, -0.2) is 41.7 Å². The van der Waals surface area contributed by atoms with Gasteiger partial charge in [-0.15, -0.1) is 0 Å². The first-order chi connectivity index (χ1) is 9.57. The summed E-state index contributed by atoms with van der Waals surface area (Å²) in [5, 5.41) is 9.80. The van der Waals surface area contributed by atoms with Crippen LogP contribution >= 0.6 is 0 Å². The number of benzene rings is 1. The van der Waals surface area contributed by atoms with Crippen molar-refractivity contribution >= 4 is 5.97 Å². The van der Waals surface area contributed by atoms with Gasteiger partial charge in [-0.2, -0.15) is 0 Å². The third-order valence-corrected chi connectivity index (χ3v) is 4.47. The number of nitrogens with zero attached hydrogens (tertiary/aromatic N) is 1. The molecule has 0 fully saturated rings. The van der Waals surface area contributed by atoms with Crippen LogP contribution < -0.4 is 4.74 Å². The molecule has 0 saturated heterocycles. The fraction of sp³-hybridized carbons (Fsp3) is 0.562. The number of ether oxygens (including phenoxy) is 1. The highest BCUT2D eigenvalue weighted by atomic mass is 16.5. The third-order valence-electron chi connectivity index (χ3n) is 4.47. The number of methoxy groups -OCH3 is 1. The summed E-state index contributed by atoms with van der Waals surface area (Å²) in [6, 6.07) is 5.99. The number of hydrogen-bond donors (Lipinski definition) is 1. The standard InChI is InChI=1S/C16H23NO3/c1-4-17(5-2)16(15(18)19)9-8-12-6-7-14(20-3)10-13(12)11-16/h6-7,10H,4-5,8-9,11H2,1-3H3,(H,18,19). The van der Waals surface area contributed by atoms with Crippen molar-refractivity contribution < 1.29 is 14.6 Å². The van der Waals surface area contributed by atoms with E-state index in [2.05, 4.69) is 11.0 Å². The Bertz CT molecular complexity index is 496. The minimum Gasteiger partial charge on any atom is -0.497 e. The number of aliphatic carboxylic acids is 1. The molecule has 1 unspecified atom stereocenters. The van der Waals surface area contributed by atoms with E-state index in [1.165, 1.54) is 5.56 Å². The molecule has 1 atom stereocenters. The lowest BCUT2D eigenvalue weighted by molar-refractivity contribution is -0.152. The van der Waals surface area contributed by atoms with Gasteiger partial charge in [0.2, 0.25) is 0 Å². The molecule has 0 heterocycles. The molecular weight excluding hydrogens is 254 g/mol. The van der Waals surface area contributed by atoms with Gasteiger partial charge in [0.05, 0.1) is 7.11 Å². The molecule has 4 nitrogen and oxygen atoms in total. The SMILES string of the molecule is CCN(CC)C1(C(=O)O)CCc2ccc(OC)cc2C1. The van der Waals surface area contributed by atoms with E-state index in [0.717, 1.165) is 30.8 Å². The Balaban J connectivity index is 2.40. The fourth-order valence-electron chi connectivity index (χ4n) is 3.30. The van der Waals surface area contributed by atoms with Gasteiger partial charge in [-0.1, -0.05) is 19.9 Å². The second kappa shape index (κ2) is 5.83. The van der Waals surface area contributed by atoms with Gasteiger partial charge in [-0.05, 0) is 49.2 Å². The molecule has 0 spiro atoms. The molecule has 1 aliphatic carbocycles. The Morgan fingerprint density at radius 3 is 2.60 bits per heavy atom. The van der Waals surface area contributed by atoms with Crippen molar-refractivity contribution in [2.75, 3.05) is 20.2 Å². The van der Waals surface area contributed by atoms with Crippen molar-refractivity contribution in [2.45, 2.75) is 38.6 Å². The average molecular weight is 277 g/mol. The summed E-state index contributed by atoms with van der Waals surface area (Å²) >= 11 is 0. The van der Waals surface area contributed by atoms with Crippen molar-refractivity contribution in [1.82, 2.24) is 4.90 Å². The van der Waals surface area contributed by atoms with E-state index in [0.29, 0.717) is 12.8 Å². The maximum atomic E-state index is 11.9. The summed E-state index contributed by atoms with van der Waals surface area (Å²) in [7, 11) is 1.64. The van der Waals surface area contributed by atoms with Crippen molar-refractivity contribution in [3.63, 3.8) is 0 Å². The van der Waals surface area contributed by atoms with Gasteiger partial charge in [0.15, 0.2) is 0 Å². The second-order valence-electron chi connectivity index (χ2n) is 5.32. The number of carboxylic acid groups (broad SMARTS) is 1. The van der Waals surface area contributed by atoms with Gasteiger partial charge < -0.3 is 9.84 Å². The highest BCUT2D eigenvalue weighted by Crippen LogP contribution is 2.35. The van der Waals surface area contributed by atoms with E-state index < -0.39 is 11.5 Å². The molecule has 1 aromatic carbocycles. The number of carboxylic acids is 1. The van der Waals surface area contributed by atoms with Crippen molar-refractivity contribution in [3.8, 4) is 5.75 Å². The minimum atomic E-state index is -0.775. The number of hydrogen-bond acceptors (Lipinski definition) is 3. The summed E-state index contributed by atoms with van der Waals surface area (Å²) in [5.74, 6) is 0.0826. The van der Waals surface area contributed by atoms with Crippen LogP contribution in [-0.2, 0) is 17.6 Å². The minimum absolute atomic E-state index is 0.552. The van der Waals surface area contributed by atoms with Gasteiger partial charge in [0.25, 0.3) is 0 Å². The molecule has 0 amide bonds. The van der Waals surface area contributed by atoms with Crippen LogP contribution in [0.15, 0.2) is 18.2 Å². The Morgan fingerprint density at radius 2 is 2.05 bits per heavy atom. The molecule has 110 valence electrons. The van der Waals surface area contributed by atoms with Gasteiger partial charge in [-0.3, -0.25) is 9.69 Å². The first-order valence-electron chi connectivity index (χ1n) is 7.21. The maximum Gasteiger partial charge on any atom is 0.324 e. The lowest BCUT2D eigenvalue weighted by atomic mass is 9.76. The molecule has 2 rings (SSSR count). The summed E-state index contributed by atoms with van der Waals surface area (Å²) in [5.41, 5.74) is 1.57. The fourth-order valence-corrected chi connectivity index (χ4v) is 3.30. The Morgan fingerprint density at radius 1 is 1.35 bits per heavy atom. The van der Waals surface area contributed by atoms with Crippen LogP contribution in [0.1, 0.15) is 31.4 Å². The van der Waals surface area contributed by atoms with Gasteiger partial charge in [-0.25, -0.2) is 0 Å². The van der Waals surface area contributed by atoms with Gasteiger partial charge in [0, 0.05) is 6.42 Å². The molecule has 4 heteroatoms. The van der Waals surface area contributed by atoms with E-state index in [9.17, 15) is 9.90 Å². The molecule has 0 bridgehead atoms. The summed E-state index contributed by atoms with van der Waals surface area (Å²) < 4.78 is 5.26. The zero-order valence-electron chi connectivity index (χ0n) is 12.5. The van der Waals surface area contributed by atoms with Crippen molar-refractivity contribution in [2.24, 2.45) is 0 Å². The van der Waals surface area contributed by atoms with Crippen LogP contribution in [0.4, 0.5) is 0 Å². The summed E-state index contributed by atoms with van der Waals surface area (Å²) in [6.07, 6.45) is 2.03. The first kappa shape index (κ1) is 14.9. The zero-order chi connectivity index (χ0) is 14.8. The van der Waals surface area contributed by atoms with E-state index in [4.69, 9.17) is 4.74 Å². The molecule has 0 saturated carbocycles. The predicted molar refractivity (Wildman–Crippen MR) is 78.3 cm³/mol. The topological polar surface area (TPSA) is 49.8 Å². The lowest BCUT2D eigenvalue weighted by Gasteiger charge is -2.43. The molecular formula is C16H23NO3. The van der Waals surface area contributed by atoms with Gasteiger partial charge >= 0.3 is 5.97 Å². The number of likely N-dealkylation sites (N-methyl/N-ethyl adjacent to an activating group) is 1. The van der Waals surface area contributed by atoms with Crippen LogP contribution in [0.2, 0.25) is 0 Å². The van der Waals surface area contributed by atoms with E-state index in [1.807, 2.05) is 26.0 Å². The molecule has 0 aliphatic heterocycles. The van der Waals surface area contributed by atoms with E-state index in [-0.39, 0.29) is 0 Å². The maximum absolute atomic E-state index is 11.9. The van der Waals surface area contributed by atoms with Crippen molar-refractivity contribution in [1.29, 1.82) is 0 Å². The van der Waals surface area contributed by atoms with Crippen LogP contribution in [0, 0.1) is 0 Å². The third kappa shape index (κ3) is 2.40. The molecule has 1 N–H and O–H groups in total. The number of aryl methyl sites for hydroxylation is 1. The van der Waals surface area contributed by atoms with E-state index in [1.54, 1.807) is 7.11 Å². The van der Waals surface area contributed by atoms with E-state index >= 15 is 0 Å². The average Bonchev–Trinajstić information content (AvgIpc) is 2.47. The highest BCUT2D eigenvalue weighted by Gasteiger charge is 2.45. The van der Waals surface area contributed by atoms with Crippen LogP contribution in [0.3, 0.4) is 0 Å². The number of carbonyl (C=O) groups is 1. The summed E-state index contributed by atoms with van der Waals surface area (Å²) in [6.45, 7) is 5.55. The molecule has 20 heavy (non-hydrogen) atoms. The molecule has 0 radical (unpaired) electrons. The second-order valence-corrected chi connectivity index (χ2v) is 5.32. The Hall–Kier alpha value is -1.55. The number of rotatable bonds is 5. The monoisotopic (exact) mass is 277 g/mol. The zero-order valence-corrected chi connectivity index (χ0v) is 12.5. The summed E-state index contributed by atoms with van der Waals surface area (Å²) in [4.78, 5) is 14.0. The van der Waals surface area contributed by atoms with Gasteiger partial charge in [0.1, 0.15) is 11.3 Å².